The molecule has 0 saturated heterocycles. The van der Waals surface area contributed by atoms with Gasteiger partial charge in [0.05, 0.1) is 6.07 Å². The first-order valence-corrected chi connectivity index (χ1v) is 7.71. The van der Waals surface area contributed by atoms with Crippen LogP contribution in [0.4, 0.5) is 0 Å². The van der Waals surface area contributed by atoms with Crippen molar-refractivity contribution in [1.29, 1.82) is 5.26 Å². The quantitative estimate of drug-likeness (QED) is 0.660. The van der Waals surface area contributed by atoms with Gasteiger partial charge >= 0.3 is 0 Å². The van der Waals surface area contributed by atoms with Gasteiger partial charge in [-0.1, -0.05) is 34.6 Å². The second-order valence-electron chi connectivity index (χ2n) is 6.63. The molecular formula is C16H33N3. The lowest BCUT2D eigenvalue weighted by molar-refractivity contribution is 0.210. The monoisotopic (exact) mass is 267 g/mol. The van der Waals surface area contributed by atoms with E-state index in [0.29, 0.717) is 11.8 Å². The standard InChI is InChI=1S/C16H33N3/c1-7-18-16(6,13-17)9-8-10-19(11-14(2)3)12-15(4)5/h14-15,18H,7-12H2,1-6H3. The molecule has 1 unspecified atom stereocenters. The van der Waals surface area contributed by atoms with Gasteiger partial charge in [-0.15, -0.1) is 0 Å². The molecule has 0 aromatic rings. The summed E-state index contributed by atoms with van der Waals surface area (Å²) in [6.07, 6.45) is 2.00. The normalized spacial score (nSPS) is 14.9. The minimum atomic E-state index is -0.365. The van der Waals surface area contributed by atoms with Crippen LogP contribution in [0.15, 0.2) is 0 Å². The highest BCUT2D eigenvalue weighted by Crippen LogP contribution is 2.13. The summed E-state index contributed by atoms with van der Waals surface area (Å²) in [5, 5.41) is 12.5. The maximum Gasteiger partial charge on any atom is 0.103 e. The minimum absolute atomic E-state index is 0.365. The Morgan fingerprint density at radius 3 is 2.05 bits per heavy atom. The van der Waals surface area contributed by atoms with Crippen LogP contribution in [0, 0.1) is 23.2 Å². The van der Waals surface area contributed by atoms with Crippen molar-refractivity contribution in [2.45, 2.75) is 59.9 Å². The summed E-state index contributed by atoms with van der Waals surface area (Å²) in [5.74, 6) is 1.41. The fourth-order valence-corrected chi connectivity index (χ4v) is 2.52. The number of nitrogens with one attached hydrogen (secondary N) is 1. The van der Waals surface area contributed by atoms with Gasteiger partial charge < -0.3 is 4.90 Å². The molecule has 0 spiro atoms. The molecule has 0 fully saturated rings. The van der Waals surface area contributed by atoms with E-state index in [4.69, 9.17) is 0 Å². The lowest BCUT2D eigenvalue weighted by Crippen LogP contribution is -2.41. The van der Waals surface area contributed by atoms with Gasteiger partial charge in [-0.2, -0.15) is 5.26 Å². The maximum atomic E-state index is 9.25. The van der Waals surface area contributed by atoms with E-state index in [1.54, 1.807) is 0 Å². The molecule has 0 saturated carbocycles. The largest absolute Gasteiger partial charge is 0.303 e. The fraction of sp³-hybridized carbons (Fsp3) is 0.938. The third-order valence-corrected chi connectivity index (χ3v) is 3.21. The Morgan fingerprint density at radius 2 is 1.68 bits per heavy atom. The summed E-state index contributed by atoms with van der Waals surface area (Å²) >= 11 is 0. The SMILES string of the molecule is CCNC(C)(C#N)CCCN(CC(C)C)CC(C)C. The van der Waals surface area contributed by atoms with Crippen LogP contribution in [0.2, 0.25) is 0 Å². The average molecular weight is 267 g/mol. The van der Waals surface area contributed by atoms with E-state index in [9.17, 15) is 5.26 Å². The molecule has 0 aliphatic carbocycles. The molecular weight excluding hydrogens is 234 g/mol. The van der Waals surface area contributed by atoms with Crippen LogP contribution in [0.3, 0.4) is 0 Å². The van der Waals surface area contributed by atoms with E-state index in [1.165, 1.54) is 0 Å². The number of hydrogen-bond acceptors (Lipinski definition) is 3. The molecule has 112 valence electrons. The van der Waals surface area contributed by atoms with E-state index in [1.807, 2.05) is 6.92 Å². The van der Waals surface area contributed by atoms with Crippen molar-refractivity contribution in [1.82, 2.24) is 10.2 Å². The van der Waals surface area contributed by atoms with Crippen molar-refractivity contribution in [2.24, 2.45) is 11.8 Å². The zero-order chi connectivity index (χ0) is 14.9. The third kappa shape index (κ3) is 9.02. The molecule has 0 radical (unpaired) electrons. The van der Waals surface area contributed by atoms with Crippen molar-refractivity contribution >= 4 is 0 Å². The molecule has 1 atom stereocenters. The van der Waals surface area contributed by atoms with Crippen LogP contribution in [-0.4, -0.2) is 36.6 Å². The zero-order valence-electron chi connectivity index (χ0n) is 13.8. The molecule has 0 aliphatic rings. The molecule has 0 aliphatic heterocycles. The Kier molecular flexibility index (Phi) is 9.05. The second kappa shape index (κ2) is 9.34. The predicted molar refractivity (Wildman–Crippen MR) is 83.0 cm³/mol. The Balaban J connectivity index is 4.20. The van der Waals surface area contributed by atoms with E-state index in [2.05, 4.69) is 50.9 Å². The van der Waals surface area contributed by atoms with Crippen molar-refractivity contribution in [3.63, 3.8) is 0 Å². The molecule has 0 aromatic heterocycles. The summed E-state index contributed by atoms with van der Waals surface area (Å²) in [6.45, 7) is 17.4. The number of rotatable bonds is 10. The first-order valence-electron chi connectivity index (χ1n) is 7.71. The number of nitriles is 1. The molecule has 0 bridgehead atoms. The minimum Gasteiger partial charge on any atom is -0.303 e. The van der Waals surface area contributed by atoms with Gasteiger partial charge in [-0.25, -0.2) is 0 Å². The zero-order valence-corrected chi connectivity index (χ0v) is 13.8. The van der Waals surface area contributed by atoms with E-state index >= 15 is 0 Å². The van der Waals surface area contributed by atoms with Crippen molar-refractivity contribution in [3.05, 3.63) is 0 Å². The maximum absolute atomic E-state index is 9.25. The van der Waals surface area contributed by atoms with Crippen LogP contribution in [0.5, 0.6) is 0 Å². The molecule has 19 heavy (non-hydrogen) atoms. The Morgan fingerprint density at radius 1 is 1.16 bits per heavy atom. The lowest BCUT2D eigenvalue weighted by Gasteiger charge is -2.28. The summed E-state index contributed by atoms with van der Waals surface area (Å²) in [7, 11) is 0. The van der Waals surface area contributed by atoms with Gasteiger partial charge in [0.2, 0.25) is 0 Å². The van der Waals surface area contributed by atoms with Crippen LogP contribution >= 0.6 is 0 Å². The first kappa shape index (κ1) is 18.4. The van der Waals surface area contributed by atoms with E-state index < -0.39 is 0 Å². The van der Waals surface area contributed by atoms with Crippen LogP contribution in [0.1, 0.15) is 54.4 Å². The summed E-state index contributed by atoms with van der Waals surface area (Å²) < 4.78 is 0. The Labute approximate surface area is 120 Å². The van der Waals surface area contributed by atoms with Crippen molar-refractivity contribution in [3.8, 4) is 6.07 Å². The summed E-state index contributed by atoms with van der Waals surface area (Å²) in [5.41, 5.74) is -0.365. The number of nitrogens with zero attached hydrogens (tertiary/aromatic N) is 2. The highest BCUT2D eigenvalue weighted by atomic mass is 15.1. The Bertz CT molecular complexity index is 258. The van der Waals surface area contributed by atoms with Crippen molar-refractivity contribution in [2.75, 3.05) is 26.2 Å². The highest BCUT2D eigenvalue weighted by Gasteiger charge is 2.22. The lowest BCUT2D eigenvalue weighted by atomic mass is 9.97. The topological polar surface area (TPSA) is 39.1 Å². The van der Waals surface area contributed by atoms with Gasteiger partial charge in [-0.3, -0.25) is 5.32 Å². The average Bonchev–Trinajstić information content (AvgIpc) is 2.27. The fourth-order valence-electron chi connectivity index (χ4n) is 2.52. The van der Waals surface area contributed by atoms with Gasteiger partial charge in [-0.05, 0) is 44.7 Å². The molecule has 3 nitrogen and oxygen atoms in total. The molecule has 3 heteroatoms. The van der Waals surface area contributed by atoms with Gasteiger partial charge in [0, 0.05) is 13.1 Å². The summed E-state index contributed by atoms with van der Waals surface area (Å²) in [4.78, 5) is 2.54. The summed E-state index contributed by atoms with van der Waals surface area (Å²) in [6, 6.07) is 2.41. The van der Waals surface area contributed by atoms with Crippen LogP contribution in [-0.2, 0) is 0 Å². The van der Waals surface area contributed by atoms with Gasteiger partial charge in [0.25, 0.3) is 0 Å². The molecule has 0 amide bonds. The number of hydrogen-bond donors (Lipinski definition) is 1. The smallest absolute Gasteiger partial charge is 0.103 e. The van der Waals surface area contributed by atoms with Crippen molar-refractivity contribution < 1.29 is 0 Å². The molecule has 0 aromatic carbocycles. The van der Waals surface area contributed by atoms with E-state index in [-0.39, 0.29) is 5.54 Å². The third-order valence-electron chi connectivity index (χ3n) is 3.21. The van der Waals surface area contributed by atoms with E-state index in [0.717, 1.165) is 39.0 Å². The second-order valence-corrected chi connectivity index (χ2v) is 6.63. The van der Waals surface area contributed by atoms with Crippen LogP contribution < -0.4 is 5.32 Å². The molecule has 0 heterocycles. The van der Waals surface area contributed by atoms with Gasteiger partial charge in [0.1, 0.15) is 5.54 Å². The molecule has 1 N–H and O–H groups in total. The Hall–Kier alpha value is -0.590. The molecule has 0 rings (SSSR count). The highest BCUT2D eigenvalue weighted by molar-refractivity contribution is 5.03. The first-order chi connectivity index (χ1) is 8.83. The van der Waals surface area contributed by atoms with Crippen LogP contribution in [0.25, 0.3) is 0 Å². The van der Waals surface area contributed by atoms with Gasteiger partial charge in [0.15, 0.2) is 0 Å². The predicted octanol–water partition coefficient (Wildman–Crippen LogP) is 3.27.